The van der Waals surface area contributed by atoms with E-state index in [0.717, 1.165) is 48.4 Å². The lowest BCUT2D eigenvalue weighted by Gasteiger charge is -2.34. The lowest BCUT2D eigenvalue weighted by atomic mass is 10.1. The molecule has 2 atom stereocenters. The maximum atomic E-state index is 4.78. The van der Waals surface area contributed by atoms with Gasteiger partial charge in [-0.15, -0.1) is 11.3 Å². The van der Waals surface area contributed by atoms with Crippen LogP contribution in [-0.4, -0.2) is 65.2 Å². The first-order chi connectivity index (χ1) is 15.6. The molecule has 0 amide bonds. The molecule has 7 nitrogen and oxygen atoms in total. The fourth-order valence-corrected chi connectivity index (χ4v) is 5.88. The molecule has 2 saturated heterocycles. The highest BCUT2D eigenvalue weighted by Gasteiger charge is 2.41. The number of nitrogens with one attached hydrogen (secondary N) is 1. The minimum absolute atomic E-state index is 0.592. The summed E-state index contributed by atoms with van der Waals surface area (Å²) in [5.74, 6) is 0.592. The van der Waals surface area contributed by atoms with E-state index in [4.69, 9.17) is 9.97 Å². The molecule has 168 valence electrons. The van der Waals surface area contributed by atoms with Crippen molar-refractivity contribution in [3.8, 4) is 11.4 Å². The van der Waals surface area contributed by atoms with Gasteiger partial charge in [0.15, 0.2) is 5.13 Å². The Morgan fingerprint density at radius 1 is 1.09 bits per heavy atom. The lowest BCUT2D eigenvalue weighted by Crippen LogP contribution is -2.44. The number of hydrogen-bond acceptors (Lipinski definition) is 8. The monoisotopic (exact) mass is 449 g/mol. The molecule has 8 heteroatoms. The molecule has 2 aliphatic heterocycles. The van der Waals surface area contributed by atoms with E-state index in [1.165, 1.54) is 17.7 Å². The first-order valence-electron chi connectivity index (χ1n) is 11.4. The zero-order valence-electron chi connectivity index (χ0n) is 19.2. The number of benzene rings is 1. The summed E-state index contributed by atoms with van der Waals surface area (Å²) in [6.45, 7) is 10.7. The second-order valence-corrected chi connectivity index (χ2v) is 9.55. The van der Waals surface area contributed by atoms with Gasteiger partial charge in [-0.1, -0.05) is 0 Å². The highest BCUT2D eigenvalue weighted by Crippen LogP contribution is 2.36. The van der Waals surface area contributed by atoms with E-state index in [2.05, 4.69) is 76.4 Å². The fraction of sp³-hybridized carbons (Fsp3) is 0.458. The summed E-state index contributed by atoms with van der Waals surface area (Å²) in [4.78, 5) is 21.3. The van der Waals surface area contributed by atoms with E-state index in [0.29, 0.717) is 18.0 Å². The van der Waals surface area contributed by atoms with E-state index in [1.807, 2.05) is 6.07 Å². The fourth-order valence-electron chi connectivity index (χ4n) is 4.93. The molecular formula is C24H31N7S. The quantitative estimate of drug-likeness (QED) is 0.574. The largest absolute Gasteiger partial charge is 0.365 e. The Bertz CT molecular complexity index is 1090. The Hall–Kier alpha value is -2.71. The maximum absolute atomic E-state index is 4.78. The molecular weight excluding hydrogens is 418 g/mol. The molecule has 0 radical (unpaired) electrons. The smallest absolute Gasteiger partial charge is 0.227 e. The number of likely N-dealkylation sites (tertiary alicyclic amines) is 1. The van der Waals surface area contributed by atoms with E-state index in [-0.39, 0.29) is 0 Å². The minimum atomic E-state index is 0.592. The topological polar surface area (TPSA) is 60.4 Å². The third kappa shape index (κ3) is 3.93. The predicted molar refractivity (Wildman–Crippen MR) is 133 cm³/mol. The van der Waals surface area contributed by atoms with Gasteiger partial charge in [-0.2, -0.15) is 0 Å². The summed E-state index contributed by atoms with van der Waals surface area (Å²) < 4.78 is 0. The number of fused-ring (bicyclic) bond motifs is 2. The van der Waals surface area contributed by atoms with Gasteiger partial charge in [0.25, 0.3) is 0 Å². The van der Waals surface area contributed by atoms with Crippen molar-refractivity contribution < 1.29 is 0 Å². The van der Waals surface area contributed by atoms with Gasteiger partial charge < -0.3 is 15.1 Å². The maximum Gasteiger partial charge on any atom is 0.227 e. The van der Waals surface area contributed by atoms with Gasteiger partial charge >= 0.3 is 0 Å². The molecule has 1 aromatic carbocycles. The van der Waals surface area contributed by atoms with E-state index < -0.39 is 0 Å². The van der Waals surface area contributed by atoms with Crippen molar-refractivity contribution in [1.29, 1.82) is 0 Å². The van der Waals surface area contributed by atoms with Crippen LogP contribution in [0.3, 0.4) is 0 Å². The highest BCUT2D eigenvalue weighted by molar-refractivity contribution is 7.14. The van der Waals surface area contributed by atoms with Gasteiger partial charge in [-0.25, -0.2) is 15.0 Å². The van der Waals surface area contributed by atoms with Crippen molar-refractivity contribution in [3.63, 3.8) is 0 Å². The summed E-state index contributed by atoms with van der Waals surface area (Å²) in [5.41, 5.74) is 5.36. The molecule has 0 saturated carbocycles. The van der Waals surface area contributed by atoms with E-state index in [1.54, 1.807) is 17.5 Å². The number of thiazole rings is 1. The molecule has 5 rings (SSSR count). The van der Waals surface area contributed by atoms with Gasteiger partial charge in [0, 0.05) is 61.2 Å². The van der Waals surface area contributed by atoms with Crippen LogP contribution in [0.4, 0.5) is 22.5 Å². The van der Waals surface area contributed by atoms with Crippen LogP contribution >= 0.6 is 11.3 Å². The van der Waals surface area contributed by atoms with Crippen molar-refractivity contribution in [2.45, 2.75) is 39.3 Å². The molecule has 0 spiro atoms. The van der Waals surface area contributed by atoms with Crippen LogP contribution in [0.25, 0.3) is 11.4 Å². The Balaban J connectivity index is 1.31. The first-order valence-corrected chi connectivity index (χ1v) is 12.3. The second kappa shape index (κ2) is 8.67. The molecule has 2 aromatic heterocycles. The first kappa shape index (κ1) is 21.2. The number of hydrogen-bond donors (Lipinski definition) is 1. The summed E-state index contributed by atoms with van der Waals surface area (Å²) >= 11 is 1.66. The van der Waals surface area contributed by atoms with Crippen LogP contribution in [-0.2, 0) is 0 Å². The predicted octanol–water partition coefficient (Wildman–Crippen LogP) is 4.39. The van der Waals surface area contributed by atoms with Gasteiger partial charge in [-0.3, -0.25) is 4.90 Å². The van der Waals surface area contributed by atoms with Gasteiger partial charge in [0.1, 0.15) is 5.69 Å². The van der Waals surface area contributed by atoms with Crippen molar-refractivity contribution >= 4 is 33.8 Å². The lowest BCUT2D eigenvalue weighted by molar-refractivity contribution is 0.292. The van der Waals surface area contributed by atoms with Crippen LogP contribution in [0.5, 0.6) is 0 Å². The molecule has 2 bridgehead atoms. The van der Waals surface area contributed by atoms with Gasteiger partial charge in [0.05, 0.1) is 5.69 Å². The van der Waals surface area contributed by atoms with Crippen molar-refractivity contribution in [2.24, 2.45) is 0 Å². The van der Waals surface area contributed by atoms with Crippen LogP contribution in [0.1, 0.15) is 25.8 Å². The van der Waals surface area contributed by atoms with Crippen molar-refractivity contribution in [3.05, 3.63) is 41.4 Å². The van der Waals surface area contributed by atoms with Gasteiger partial charge in [-0.05, 0) is 64.1 Å². The Morgan fingerprint density at radius 2 is 1.94 bits per heavy atom. The summed E-state index contributed by atoms with van der Waals surface area (Å²) in [6.07, 6.45) is 3.07. The Morgan fingerprint density at radius 3 is 2.62 bits per heavy atom. The molecule has 32 heavy (non-hydrogen) atoms. The molecule has 3 aromatic rings. The van der Waals surface area contributed by atoms with Gasteiger partial charge in [0.2, 0.25) is 5.95 Å². The van der Waals surface area contributed by atoms with Crippen LogP contribution < -0.4 is 15.1 Å². The molecule has 2 fully saturated rings. The summed E-state index contributed by atoms with van der Waals surface area (Å²) in [7, 11) is 2.24. The highest BCUT2D eigenvalue weighted by atomic mass is 32.1. The van der Waals surface area contributed by atoms with Crippen molar-refractivity contribution in [2.75, 3.05) is 48.3 Å². The number of rotatable bonds is 7. The summed E-state index contributed by atoms with van der Waals surface area (Å²) in [6, 6.07) is 9.82. The number of aryl methyl sites for hydroxylation is 1. The van der Waals surface area contributed by atoms with Crippen LogP contribution in [0, 0.1) is 6.92 Å². The zero-order chi connectivity index (χ0) is 22.2. The third-order valence-electron chi connectivity index (χ3n) is 6.72. The van der Waals surface area contributed by atoms with E-state index >= 15 is 0 Å². The second-order valence-electron chi connectivity index (χ2n) is 8.71. The zero-order valence-corrected chi connectivity index (χ0v) is 20.1. The normalized spacial score (nSPS) is 20.2. The summed E-state index contributed by atoms with van der Waals surface area (Å²) in [5, 5.41) is 6.48. The van der Waals surface area contributed by atoms with Crippen LogP contribution in [0.15, 0.2) is 35.8 Å². The molecule has 1 N–H and O–H groups in total. The third-order valence-corrected chi connectivity index (χ3v) is 7.62. The molecule has 4 heterocycles. The van der Waals surface area contributed by atoms with E-state index in [9.17, 15) is 0 Å². The van der Waals surface area contributed by atoms with Crippen LogP contribution in [0.2, 0.25) is 0 Å². The molecule has 2 unspecified atom stereocenters. The average Bonchev–Trinajstić information content (AvgIpc) is 3.51. The number of likely N-dealkylation sites (N-methyl/N-ethyl adjacent to an activating group) is 1. The number of nitrogens with zero attached hydrogens (tertiary/aromatic N) is 6. The number of aromatic nitrogens is 3. The number of piperazine rings is 1. The Labute approximate surface area is 194 Å². The molecule has 2 aliphatic rings. The SMILES string of the molecule is CCN(CC)c1nc(-c2ccnc(Nc3ccc(N4CC5CC4CN5C)c(C)c3)n2)cs1. The average molecular weight is 450 g/mol. The minimum Gasteiger partial charge on any atom is -0.365 e. The Kier molecular flexibility index (Phi) is 5.73. The van der Waals surface area contributed by atoms with Crippen molar-refractivity contribution in [1.82, 2.24) is 19.9 Å². The number of anilines is 4. The standard InChI is InChI=1S/C24H31N7S/c1-5-30(6-2)24-28-21(15-32-24)20-9-10-25-23(27-20)26-17-7-8-22(16(3)11-17)31-14-18-12-19(31)13-29(18)4/h7-11,15,18-19H,5-6,12-14H2,1-4H3,(H,25,26,27). The molecule has 0 aliphatic carbocycles.